The van der Waals surface area contributed by atoms with Crippen LogP contribution in [0.5, 0.6) is 0 Å². The Hall–Kier alpha value is -0.770. The van der Waals surface area contributed by atoms with Crippen LogP contribution in [0.1, 0.15) is 19.2 Å². The fourth-order valence-electron chi connectivity index (χ4n) is 1.08. The summed E-state index contributed by atoms with van der Waals surface area (Å²) in [6.07, 6.45) is 5.08. The Morgan fingerprint density at radius 3 is 3.00 bits per heavy atom. The monoisotopic (exact) mass is 211 g/mol. The van der Waals surface area contributed by atoms with Crippen molar-refractivity contribution in [2.24, 2.45) is 0 Å². The molecule has 3 nitrogen and oxygen atoms in total. The summed E-state index contributed by atoms with van der Waals surface area (Å²) in [5, 5.41) is 3.99. The lowest BCUT2D eigenvalue weighted by Crippen LogP contribution is -2.09. The number of thioether (sulfide) groups is 1. The van der Waals surface area contributed by atoms with Crippen LogP contribution in [0.15, 0.2) is 12.3 Å². The third-order valence-corrected chi connectivity index (χ3v) is 3.08. The number of hydrogen-bond donors (Lipinski definition) is 1. The van der Waals surface area contributed by atoms with Crippen molar-refractivity contribution in [3.63, 3.8) is 0 Å². The Balaban J connectivity index is 2.31. The molecule has 1 atom stereocenters. The van der Waals surface area contributed by atoms with Gasteiger partial charge in [-0.3, -0.25) is 0 Å². The van der Waals surface area contributed by atoms with E-state index in [1.165, 1.54) is 0 Å². The number of hydrogen-bond acceptors (Lipinski definition) is 4. The average molecular weight is 211 g/mol. The highest BCUT2D eigenvalue weighted by atomic mass is 32.2. The van der Waals surface area contributed by atoms with Crippen molar-refractivity contribution in [1.29, 1.82) is 0 Å². The average Bonchev–Trinajstić information content (AvgIpc) is 2.17. The number of anilines is 1. The van der Waals surface area contributed by atoms with Gasteiger partial charge < -0.3 is 5.32 Å². The third kappa shape index (κ3) is 3.96. The molecule has 0 saturated heterocycles. The maximum Gasteiger partial charge on any atom is 0.129 e. The molecule has 14 heavy (non-hydrogen) atoms. The molecule has 1 aromatic rings. The van der Waals surface area contributed by atoms with Crippen LogP contribution in [-0.2, 0) is 0 Å². The largest absolute Gasteiger partial charge is 0.370 e. The van der Waals surface area contributed by atoms with Crippen LogP contribution in [0.2, 0.25) is 0 Å². The zero-order chi connectivity index (χ0) is 10.4. The van der Waals surface area contributed by atoms with Crippen molar-refractivity contribution >= 4 is 17.6 Å². The minimum atomic E-state index is 0.699. The van der Waals surface area contributed by atoms with Gasteiger partial charge in [-0.1, -0.05) is 6.92 Å². The maximum atomic E-state index is 4.27. The molecular formula is C10H17N3S. The first-order valence-electron chi connectivity index (χ1n) is 4.78. The summed E-state index contributed by atoms with van der Waals surface area (Å²) in [5.74, 6) is 1.73. The van der Waals surface area contributed by atoms with Gasteiger partial charge in [0.05, 0.1) is 0 Å². The molecule has 1 unspecified atom stereocenters. The highest BCUT2D eigenvalue weighted by Crippen LogP contribution is 2.09. The number of aryl methyl sites for hydroxylation is 1. The second-order valence-electron chi connectivity index (χ2n) is 3.25. The van der Waals surface area contributed by atoms with Crippen molar-refractivity contribution in [3.8, 4) is 0 Å². The third-order valence-electron chi connectivity index (χ3n) is 2.04. The van der Waals surface area contributed by atoms with Crippen molar-refractivity contribution < 1.29 is 0 Å². The molecular weight excluding hydrogens is 194 g/mol. The van der Waals surface area contributed by atoms with Gasteiger partial charge in [-0.2, -0.15) is 11.8 Å². The lowest BCUT2D eigenvalue weighted by molar-refractivity contribution is 0.847. The summed E-state index contributed by atoms with van der Waals surface area (Å²) in [7, 11) is 0. The summed E-state index contributed by atoms with van der Waals surface area (Å²) in [4.78, 5) is 8.31. The fraction of sp³-hybridized carbons (Fsp3) is 0.600. The molecule has 1 heterocycles. The Bertz CT molecular complexity index is 278. The van der Waals surface area contributed by atoms with E-state index >= 15 is 0 Å². The Morgan fingerprint density at radius 2 is 2.36 bits per heavy atom. The molecule has 0 aliphatic rings. The minimum Gasteiger partial charge on any atom is -0.370 e. The molecule has 4 heteroatoms. The van der Waals surface area contributed by atoms with E-state index in [4.69, 9.17) is 0 Å². The molecule has 78 valence electrons. The lowest BCUT2D eigenvalue weighted by Gasteiger charge is -2.09. The maximum absolute atomic E-state index is 4.27. The Morgan fingerprint density at radius 1 is 1.57 bits per heavy atom. The molecule has 1 aromatic heterocycles. The van der Waals surface area contributed by atoms with E-state index in [9.17, 15) is 0 Å². The van der Waals surface area contributed by atoms with E-state index in [0.717, 1.165) is 24.6 Å². The van der Waals surface area contributed by atoms with Gasteiger partial charge in [0, 0.05) is 18.0 Å². The predicted molar refractivity (Wildman–Crippen MR) is 62.9 cm³/mol. The summed E-state index contributed by atoms with van der Waals surface area (Å²) in [6.45, 7) is 5.10. The molecule has 1 rings (SSSR count). The molecule has 0 amide bonds. The van der Waals surface area contributed by atoms with Gasteiger partial charge in [-0.05, 0) is 25.7 Å². The lowest BCUT2D eigenvalue weighted by atomic mass is 10.3. The first-order chi connectivity index (χ1) is 6.72. The van der Waals surface area contributed by atoms with E-state index in [0.29, 0.717) is 5.25 Å². The topological polar surface area (TPSA) is 37.8 Å². The molecule has 0 aliphatic carbocycles. The SMILES string of the molecule is CSC(C)CCNc1ccnc(C)n1. The number of nitrogens with zero attached hydrogens (tertiary/aromatic N) is 2. The number of aromatic nitrogens is 2. The van der Waals surface area contributed by atoms with Gasteiger partial charge in [-0.15, -0.1) is 0 Å². The van der Waals surface area contributed by atoms with Gasteiger partial charge >= 0.3 is 0 Å². The van der Waals surface area contributed by atoms with Gasteiger partial charge in [0.1, 0.15) is 11.6 Å². The van der Waals surface area contributed by atoms with E-state index in [-0.39, 0.29) is 0 Å². The van der Waals surface area contributed by atoms with Gasteiger partial charge in [0.25, 0.3) is 0 Å². The van der Waals surface area contributed by atoms with E-state index in [1.807, 2.05) is 24.8 Å². The fourth-order valence-corrected chi connectivity index (χ4v) is 1.43. The van der Waals surface area contributed by atoms with Gasteiger partial charge in [0.2, 0.25) is 0 Å². The van der Waals surface area contributed by atoms with Crippen LogP contribution in [0.3, 0.4) is 0 Å². The number of rotatable bonds is 5. The first-order valence-corrected chi connectivity index (χ1v) is 6.07. The van der Waals surface area contributed by atoms with Crippen molar-refractivity contribution in [2.75, 3.05) is 18.1 Å². The van der Waals surface area contributed by atoms with Gasteiger partial charge in [0.15, 0.2) is 0 Å². The van der Waals surface area contributed by atoms with E-state index < -0.39 is 0 Å². The molecule has 1 N–H and O–H groups in total. The summed E-state index contributed by atoms with van der Waals surface area (Å²) in [6, 6.07) is 1.90. The Kier molecular flexibility index (Phi) is 4.73. The van der Waals surface area contributed by atoms with Crippen LogP contribution in [0.25, 0.3) is 0 Å². The molecule has 0 bridgehead atoms. The highest BCUT2D eigenvalue weighted by molar-refractivity contribution is 7.99. The summed E-state index contributed by atoms with van der Waals surface area (Å²) >= 11 is 1.89. The normalized spacial score (nSPS) is 12.5. The summed E-state index contributed by atoms with van der Waals surface area (Å²) < 4.78 is 0. The van der Waals surface area contributed by atoms with Crippen LogP contribution in [0, 0.1) is 6.92 Å². The van der Waals surface area contributed by atoms with Crippen LogP contribution < -0.4 is 5.32 Å². The predicted octanol–water partition coefficient (Wildman–Crippen LogP) is 2.34. The second kappa shape index (κ2) is 5.86. The van der Waals surface area contributed by atoms with Crippen LogP contribution in [-0.4, -0.2) is 28.0 Å². The minimum absolute atomic E-state index is 0.699. The molecule has 0 aliphatic heterocycles. The zero-order valence-electron chi connectivity index (χ0n) is 8.95. The first kappa shape index (κ1) is 11.3. The molecule has 0 spiro atoms. The summed E-state index contributed by atoms with van der Waals surface area (Å²) in [5.41, 5.74) is 0. The molecule has 0 saturated carbocycles. The second-order valence-corrected chi connectivity index (χ2v) is 4.53. The quantitative estimate of drug-likeness (QED) is 0.811. The molecule has 0 aromatic carbocycles. The Labute approximate surface area is 89.7 Å². The van der Waals surface area contributed by atoms with Crippen molar-refractivity contribution in [2.45, 2.75) is 25.5 Å². The van der Waals surface area contributed by atoms with E-state index in [2.05, 4.69) is 28.5 Å². The molecule has 0 fully saturated rings. The van der Waals surface area contributed by atoms with E-state index in [1.54, 1.807) is 6.20 Å². The van der Waals surface area contributed by atoms with Crippen LogP contribution >= 0.6 is 11.8 Å². The van der Waals surface area contributed by atoms with Crippen molar-refractivity contribution in [1.82, 2.24) is 9.97 Å². The number of nitrogens with one attached hydrogen (secondary N) is 1. The van der Waals surface area contributed by atoms with Crippen molar-refractivity contribution in [3.05, 3.63) is 18.1 Å². The molecule has 0 radical (unpaired) electrons. The standard InChI is InChI=1S/C10H17N3S/c1-8(14-3)4-6-12-10-5-7-11-9(2)13-10/h5,7-8H,4,6H2,1-3H3,(H,11,12,13). The smallest absolute Gasteiger partial charge is 0.129 e. The zero-order valence-corrected chi connectivity index (χ0v) is 9.77. The van der Waals surface area contributed by atoms with Crippen LogP contribution in [0.4, 0.5) is 5.82 Å². The highest BCUT2D eigenvalue weighted by Gasteiger charge is 1.99. The van der Waals surface area contributed by atoms with Gasteiger partial charge in [-0.25, -0.2) is 9.97 Å².